The molecular weight excluding hydrogens is 325 g/mol. The normalized spacial score (nSPS) is 18.4. The van der Waals surface area contributed by atoms with Crippen molar-refractivity contribution in [1.82, 2.24) is 19.7 Å². The highest BCUT2D eigenvalue weighted by atomic mass is 19.4. The number of carboxylic acids is 1. The van der Waals surface area contributed by atoms with Gasteiger partial charge in [0.15, 0.2) is 0 Å². The van der Waals surface area contributed by atoms with Crippen LogP contribution in [-0.2, 0) is 30.6 Å². The Balaban J connectivity index is 1.93. The number of aryl methyl sites for hydroxylation is 1. The molecule has 3 rings (SSSR count). The number of hydrogen-bond acceptors (Lipinski definition) is 4. The van der Waals surface area contributed by atoms with E-state index in [0.717, 1.165) is 6.07 Å². The van der Waals surface area contributed by atoms with Gasteiger partial charge in [0.1, 0.15) is 17.7 Å². The van der Waals surface area contributed by atoms with Gasteiger partial charge in [-0.05, 0) is 18.6 Å². The minimum Gasteiger partial charge on any atom is -0.480 e. The van der Waals surface area contributed by atoms with Gasteiger partial charge in [-0.3, -0.25) is 9.69 Å². The Morgan fingerprint density at radius 2 is 2.04 bits per heavy atom. The van der Waals surface area contributed by atoms with Crippen molar-refractivity contribution in [1.29, 1.82) is 0 Å². The Labute approximate surface area is 135 Å². The fourth-order valence-electron chi connectivity index (χ4n) is 2.91. The molecule has 1 aliphatic rings. The third-order valence-electron chi connectivity index (χ3n) is 4.13. The molecule has 0 saturated heterocycles. The molecule has 2 aromatic rings. The molecule has 2 heterocycles. The highest BCUT2D eigenvalue weighted by molar-refractivity contribution is 5.73. The summed E-state index contributed by atoms with van der Waals surface area (Å²) in [6.07, 6.45) is -4.48. The van der Waals surface area contributed by atoms with Crippen LogP contribution in [0.2, 0.25) is 0 Å². The van der Waals surface area contributed by atoms with E-state index >= 15 is 0 Å². The summed E-state index contributed by atoms with van der Waals surface area (Å²) in [5, 5.41) is 17.3. The Morgan fingerprint density at radius 1 is 1.33 bits per heavy atom. The van der Waals surface area contributed by atoms with Gasteiger partial charge < -0.3 is 9.67 Å². The summed E-state index contributed by atoms with van der Waals surface area (Å²) in [5.41, 5.74) is -0.710. The molecule has 1 aliphatic heterocycles. The van der Waals surface area contributed by atoms with Crippen LogP contribution in [-0.4, -0.2) is 36.8 Å². The van der Waals surface area contributed by atoms with E-state index in [9.17, 15) is 23.1 Å². The molecule has 1 aromatic heterocycles. The number of aliphatic carboxylic acids is 1. The standard InChI is InChI=1S/C15H15F3N4O2/c1-9-19-20-13-8-21(12(14(23)24)7-22(9)13)6-10-4-2-3-5-11(10)15(16,17)18/h2-5,12H,6-8H2,1H3,(H,23,24). The van der Waals surface area contributed by atoms with Crippen LogP contribution in [0.5, 0.6) is 0 Å². The number of aromatic nitrogens is 3. The monoisotopic (exact) mass is 340 g/mol. The lowest BCUT2D eigenvalue weighted by molar-refractivity contribution is -0.145. The second kappa shape index (κ2) is 5.90. The van der Waals surface area contributed by atoms with Gasteiger partial charge in [0.25, 0.3) is 0 Å². The molecule has 1 N–H and O–H groups in total. The van der Waals surface area contributed by atoms with Crippen molar-refractivity contribution in [3.05, 3.63) is 47.0 Å². The zero-order valence-electron chi connectivity index (χ0n) is 12.8. The maximum Gasteiger partial charge on any atom is 0.416 e. The number of carboxylic acid groups (broad SMARTS) is 1. The van der Waals surface area contributed by atoms with E-state index in [2.05, 4.69) is 10.2 Å². The number of benzene rings is 1. The molecule has 128 valence electrons. The molecule has 0 bridgehead atoms. The minimum atomic E-state index is -4.48. The van der Waals surface area contributed by atoms with E-state index in [1.807, 2.05) is 0 Å². The Kier molecular flexibility index (Phi) is 4.04. The van der Waals surface area contributed by atoms with E-state index in [0.29, 0.717) is 11.6 Å². The van der Waals surface area contributed by atoms with Gasteiger partial charge in [-0.15, -0.1) is 10.2 Å². The van der Waals surface area contributed by atoms with Crippen LogP contribution in [0.25, 0.3) is 0 Å². The first kappa shape index (κ1) is 16.4. The van der Waals surface area contributed by atoms with Crippen LogP contribution >= 0.6 is 0 Å². The van der Waals surface area contributed by atoms with E-state index in [4.69, 9.17) is 0 Å². The topological polar surface area (TPSA) is 71.2 Å². The zero-order chi connectivity index (χ0) is 17.5. The third kappa shape index (κ3) is 2.99. The fourth-order valence-corrected chi connectivity index (χ4v) is 2.91. The Morgan fingerprint density at radius 3 is 2.71 bits per heavy atom. The summed E-state index contributed by atoms with van der Waals surface area (Å²) in [5.74, 6) is 0.0549. The van der Waals surface area contributed by atoms with Crippen LogP contribution in [0.1, 0.15) is 22.8 Å². The largest absolute Gasteiger partial charge is 0.480 e. The number of alkyl halides is 3. The number of rotatable bonds is 3. The van der Waals surface area contributed by atoms with E-state index < -0.39 is 23.8 Å². The first-order valence-electron chi connectivity index (χ1n) is 7.28. The lowest BCUT2D eigenvalue weighted by Crippen LogP contribution is -2.47. The molecule has 0 amide bonds. The van der Waals surface area contributed by atoms with Crippen molar-refractivity contribution in [2.24, 2.45) is 0 Å². The van der Waals surface area contributed by atoms with E-state index in [1.54, 1.807) is 11.5 Å². The van der Waals surface area contributed by atoms with Crippen molar-refractivity contribution in [2.45, 2.75) is 38.8 Å². The van der Waals surface area contributed by atoms with Gasteiger partial charge >= 0.3 is 12.1 Å². The van der Waals surface area contributed by atoms with E-state index in [1.165, 1.54) is 23.1 Å². The average Bonchev–Trinajstić information content (AvgIpc) is 2.86. The predicted molar refractivity (Wildman–Crippen MR) is 76.9 cm³/mol. The summed E-state index contributed by atoms with van der Waals surface area (Å²) in [7, 11) is 0. The molecule has 1 atom stereocenters. The second-order valence-electron chi connectivity index (χ2n) is 5.69. The average molecular weight is 340 g/mol. The molecule has 6 nitrogen and oxygen atoms in total. The summed E-state index contributed by atoms with van der Waals surface area (Å²) >= 11 is 0. The van der Waals surface area contributed by atoms with Gasteiger partial charge in [-0.25, -0.2) is 0 Å². The van der Waals surface area contributed by atoms with Crippen molar-refractivity contribution in [3.8, 4) is 0 Å². The second-order valence-corrected chi connectivity index (χ2v) is 5.69. The van der Waals surface area contributed by atoms with Gasteiger partial charge in [0.05, 0.1) is 18.7 Å². The number of nitrogens with zero attached hydrogens (tertiary/aromatic N) is 4. The van der Waals surface area contributed by atoms with Crippen molar-refractivity contribution >= 4 is 5.97 Å². The first-order chi connectivity index (χ1) is 11.3. The highest BCUT2D eigenvalue weighted by Gasteiger charge is 2.37. The molecule has 0 aliphatic carbocycles. The van der Waals surface area contributed by atoms with Crippen LogP contribution in [0.3, 0.4) is 0 Å². The number of hydrogen-bond donors (Lipinski definition) is 1. The Bertz CT molecular complexity index is 772. The lowest BCUT2D eigenvalue weighted by Gasteiger charge is -2.34. The summed E-state index contributed by atoms with van der Waals surface area (Å²) in [6, 6.07) is 4.26. The first-order valence-corrected chi connectivity index (χ1v) is 7.28. The maximum absolute atomic E-state index is 13.1. The summed E-state index contributed by atoms with van der Waals surface area (Å²) in [4.78, 5) is 13.0. The number of carbonyl (C=O) groups is 1. The Hall–Kier alpha value is -2.42. The molecule has 1 aromatic carbocycles. The van der Waals surface area contributed by atoms with Crippen LogP contribution in [0.15, 0.2) is 24.3 Å². The van der Waals surface area contributed by atoms with E-state index in [-0.39, 0.29) is 25.2 Å². The SMILES string of the molecule is Cc1nnc2n1CC(C(=O)O)N(Cc1ccccc1C(F)(F)F)C2. The third-order valence-corrected chi connectivity index (χ3v) is 4.13. The molecule has 24 heavy (non-hydrogen) atoms. The molecule has 0 fully saturated rings. The zero-order valence-corrected chi connectivity index (χ0v) is 12.8. The molecule has 0 radical (unpaired) electrons. The van der Waals surface area contributed by atoms with Crippen LogP contribution in [0.4, 0.5) is 13.2 Å². The van der Waals surface area contributed by atoms with Gasteiger partial charge in [0.2, 0.25) is 0 Å². The predicted octanol–water partition coefficient (Wildman–Crippen LogP) is 2.07. The van der Waals surface area contributed by atoms with Gasteiger partial charge in [0, 0.05) is 6.54 Å². The molecule has 1 unspecified atom stereocenters. The van der Waals surface area contributed by atoms with Crippen LogP contribution < -0.4 is 0 Å². The minimum absolute atomic E-state index is 0.0425. The van der Waals surface area contributed by atoms with Gasteiger partial charge in [-0.2, -0.15) is 13.2 Å². The highest BCUT2D eigenvalue weighted by Crippen LogP contribution is 2.33. The molecule has 0 spiro atoms. The lowest BCUT2D eigenvalue weighted by atomic mass is 10.0. The molecule has 9 heteroatoms. The summed E-state index contributed by atoms with van der Waals surface area (Å²) < 4.78 is 41.1. The summed E-state index contributed by atoms with van der Waals surface area (Å²) in [6.45, 7) is 1.82. The van der Waals surface area contributed by atoms with Crippen molar-refractivity contribution in [3.63, 3.8) is 0 Å². The fraction of sp³-hybridized carbons (Fsp3) is 0.400. The number of fused-ring (bicyclic) bond motifs is 1. The van der Waals surface area contributed by atoms with Gasteiger partial charge in [-0.1, -0.05) is 18.2 Å². The van der Waals surface area contributed by atoms with Crippen molar-refractivity contribution < 1.29 is 23.1 Å². The smallest absolute Gasteiger partial charge is 0.416 e. The quantitative estimate of drug-likeness (QED) is 0.926. The van der Waals surface area contributed by atoms with Crippen molar-refractivity contribution in [2.75, 3.05) is 0 Å². The molecular formula is C15H15F3N4O2. The number of halogens is 3. The molecule has 0 saturated carbocycles. The maximum atomic E-state index is 13.1. The van der Waals surface area contributed by atoms with Crippen LogP contribution in [0, 0.1) is 6.92 Å².